The van der Waals surface area contributed by atoms with E-state index in [4.69, 9.17) is 9.52 Å². The number of rotatable bonds is 6. The van der Waals surface area contributed by atoms with Gasteiger partial charge in [0.05, 0.1) is 0 Å². The number of nitrogens with zero attached hydrogens (tertiary/aromatic N) is 4. The summed E-state index contributed by atoms with van der Waals surface area (Å²) in [4.78, 5) is 11.4. The van der Waals surface area contributed by atoms with Gasteiger partial charge in [-0.2, -0.15) is 16.7 Å². The van der Waals surface area contributed by atoms with Gasteiger partial charge < -0.3 is 14.7 Å². The van der Waals surface area contributed by atoms with Gasteiger partial charge in [0.1, 0.15) is 0 Å². The van der Waals surface area contributed by atoms with Gasteiger partial charge in [0.2, 0.25) is 5.89 Å². The van der Waals surface area contributed by atoms with Crippen molar-refractivity contribution >= 4 is 41.7 Å². The Labute approximate surface area is 160 Å². The lowest BCUT2D eigenvalue weighted by molar-refractivity contribution is 0.372. The lowest BCUT2D eigenvalue weighted by Crippen LogP contribution is -2.48. The van der Waals surface area contributed by atoms with Crippen LogP contribution in [0.2, 0.25) is 0 Å². The average Bonchev–Trinajstić information content (AvgIpc) is 2.96. The smallest absolute Gasteiger partial charge is 0.226 e. The summed E-state index contributed by atoms with van der Waals surface area (Å²) in [5, 5.41) is 7.94. The van der Waals surface area contributed by atoms with Gasteiger partial charge in [-0.3, -0.25) is 4.99 Å². The van der Waals surface area contributed by atoms with Crippen LogP contribution >= 0.6 is 35.7 Å². The number of nitrogens with one attached hydrogen (secondary N) is 1. The van der Waals surface area contributed by atoms with Gasteiger partial charge in [-0.05, 0) is 26.7 Å². The molecule has 0 saturated carbocycles. The van der Waals surface area contributed by atoms with Crippen LogP contribution in [0.5, 0.6) is 0 Å². The molecule has 1 saturated heterocycles. The third kappa shape index (κ3) is 6.86. The third-order valence-electron chi connectivity index (χ3n) is 3.61. The molecule has 1 aliphatic rings. The number of hydrogen-bond donors (Lipinski definition) is 1. The highest BCUT2D eigenvalue weighted by molar-refractivity contribution is 14.0. The summed E-state index contributed by atoms with van der Waals surface area (Å²) in [7, 11) is 0. The highest BCUT2D eigenvalue weighted by Crippen LogP contribution is 2.21. The maximum atomic E-state index is 5.13. The minimum Gasteiger partial charge on any atom is -0.357 e. The molecule has 1 N–H and O–H groups in total. The van der Waals surface area contributed by atoms with E-state index in [0.717, 1.165) is 50.2 Å². The van der Waals surface area contributed by atoms with Crippen molar-refractivity contribution in [2.75, 3.05) is 31.9 Å². The van der Waals surface area contributed by atoms with E-state index in [1.54, 1.807) is 0 Å². The van der Waals surface area contributed by atoms with Crippen LogP contribution in [0, 0.1) is 6.92 Å². The van der Waals surface area contributed by atoms with E-state index in [9.17, 15) is 0 Å². The Bertz CT molecular complexity index is 482. The van der Waals surface area contributed by atoms with Crippen molar-refractivity contribution in [1.29, 1.82) is 0 Å². The quantitative estimate of drug-likeness (QED) is 0.309. The van der Waals surface area contributed by atoms with Crippen molar-refractivity contribution in [2.45, 2.75) is 45.3 Å². The van der Waals surface area contributed by atoms with Gasteiger partial charge in [-0.1, -0.05) is 12.1 Å². The molecule has 1 aromatic rings. The zero-order valence-electron chi connectivity index (χ0n) is 14.2. The molecule has 1 fully saturated rings. The number of aliphatic imine (C=N–C) groups is 1. The molecule has 2 rings (SSSR count). The standard InChI is InChI=1S/C15H27N5OS.HI/c1-4-13-11-20(9-10-22-13)15(16-5-2)17-8-6-7-14-18-12(3)19-21-14;/h13H,4-11H2,1-3H3,(H,16,17);1H. The molecule has 0 aliphatic carbocycles. The summed E-state index contributed by atoms with van der Waals surface area (Å²) in [5.41, 5.74) is 0. The minimum absolute atomic E-state index is 0. The van der Waals surface area contributed by atoms with Crippen molar-refractivity contribution in [3.63, 3.8) is 0 Å². The highest BCUT2D eigenvalue weighted by Gasteiger charge is 2.21. The maximum Gasteiger partial charge on any atom is 0.226 e. The summed E-state index contributed by atoms with van der Waals surface area (Å²) in [6.45, 7) is 10.1. The highest BCUT2D eigenvalue weighted by atomic mass is 127. The number of aromatic nitrogens is 2. The molecule has 0 bridgehead atoms. The second-order valence-corrected chi connectivity index (χ2v) is 6.83. The van der Waals surface area contributed by atoms with E-state index in [1.807, 2.05) is 6.92 Å². The fraction of sp³-hybridized carbons (Fsp3) is 0.800. The fourth-order valence-electron chi connectivity index (χ4n) is 2.44. The van der Waals surface area contributed by atoms with Crippen molar-refractivity contribution in [3.8, 4) is 0 Å². The van der Waals surface area contributed by atoms with Crippen LogP contribution in [0.1, 0.15) is 38.4 Å². The number of thioether (sulfide) groups is 1. The Hall–Kier alpha value is -0.510. The number of hydrogen-bond acceptors (Lipinski definition) is 5. The first-order chi connectivity index (χ1) is 10.7. The second-order valence-electron chi connectivity index (χ2n) is 5.42. The Kier molecular flexibility index (Phi) is 9.92. The van der Waals surface area contributed by atoms with Crippen LogP contribution in [-0.4, -0.2) is 58.2 Å². The minimum atomic E-state index is 0. The molecule has 1 unspecified atom stereocenters. The molecule has 1 aromatic heterocycles. The van der Waals surface area contributed by atoms with Crippen LogP contribution in [0.15, 0.2) is 9.52 Å². The first-order valence-electron chi connectivity index (χ1n) is 8.17. The number of guanidine groups is 1. The van der Waals surface area contributed by atoms with Crippen molar-refractivity contribution < 1.29 is 4.52 Å². The van der Waals surface area contributed by atoms with Crippen LogP contribution in [0.3, 0.4) is 0 Å². The zero-order valence-corrected chi connectivity index (χ0v) is 17.4. The first kappa shape index (κ1) is 20.5. The summed E-state index contributed by atoms with van der Waals surface area (Å²) in [6, 6.07) is 0. The Morgan fingerprint density at radius 1 is 1.48 bits per heavy atom. The maximum absolute atomic E-state index is 5.13. The largest absolute Gasteiger partial charge is 0.357 e. The summed E-state index contributed by atoms with van der Waals surface area (Å²) in [6.07, 6.45) is 2.94. The Morgan fingerprint density at radius 2 is 2.30 bits per heavy atom. The second kappa shape index (κ2) is 11.1. The summed E-state index contributed by atoms with van der Waals surface area (Å²) >= 11 is 2.08. The van der Waals surface area contributed by atoms with Crippen LogP contribution in [0.4, 0.5) is 0 Å². The molecule has 1 atom stereocenters. The summed E-state index contributed by atoms with van der Waals surface area (Å²) < 4.78 is 5.13. The van der Waals surface area contributed by atoms with Gasteiger partial charge in [0.25, 0.3) is 0 Å². The topological polar surface area (TPSA) is 66.5 Å². The predicted octanol–water partition coefficient (Wildman–Crippen LogP) is 2.72. The van der Waals surface area contributed by atoms with Gasteiger partial charge in [-0.15, -0.1) is 24.0 Å². The molecule has 23 heavy (non-hydrogen) atoms. The molecule has 0 aromatic carbocycles. The van der Waals surface area contributed by atoms with Crippen LogP contribution in [0.25, 0.3) is 0 Å². The molecule has 0 amide bonds. The van der Waals surface area contributed by atoms with Crippen molar-refractivity contribution in [3.05, 3.63) is 11.7 Å². The SMILES string of the molecule is CCNC(=NCCCc1nc(C)no1)N1CCSC(CC)C1.I. The first-order valence-corrected chi connectivity index (χ1v) is 9.21. The number of halogens is 1. The fourth-order valence-corrected chi connectivity index (χ4v) is 3.62. The van der Waals surface area contributed by atoms with Gasteiger partial charge >= 0.3 is 0 Å². The molecular weight excluding hydrogens is 425 g/mol. The van der Waals surface area contributed by atoms with E-state index in [0.29, 0.717) is 11.7 Å². The van der Waals surface area contributed by atoms with Crippen molar-refractivity contribution in [2.24, 2.45) is 4.99 Å². The molecule has 0 radical (unpaired) electrons. The normalized spacial score (nSPS) is 18.7. The monoisotopic (exact) mass is 453 g/mol. The molecule has 1 aliphatic heterocycles. The predicted molar refractivity (Wildman–Crippen MR) is 107 cm³/mol. The van der Waals surface area contributed by atoms with Gasteiger partial charge in [0, 0.05) is 43.6 Å². The van der Waals surface area contributed by atoms with Gasteiger partial charge in [-0.25, -0.2) is 0 Å². The Morgan fingerprint density at radius 3 is 2.96 bits per heavy atom. The van der Waals surface area contributed by atoms with Crippen molar-refractivity contribution in [1.82, 2.24) is 20.4 Å². The number of aryl methyl sites for hydroxylation is 2. The third-order valence-corrected chi connectivity index (χ3v) is 4.98. The van der Waals surface area contributed by atoms with E-state index in [-0.39, 0.29) is 24.0 Å². The Balaban J connectivity index is 0.00000264. The molecule has 6 nitrogen and oxygen atoms in total. The lowest BCUT2D eigenvalue weighted by atomic mass is 10.3. The van der Waals surface area contributed by atoms with E-state index in [2.05, 4.69) is 46.0 Å². The molecule has 2 heterocycles. The molecule has 132 valence electrons. The van der Waals surface area contributed by atoms with E-state index in [1.165, 1.54) is 12.2 Å². The van der Waals surface area contributed by atoms with E-state index < -0.39 is 0 Å². The molecular formula is C15H28IN5OS. The molecule has 8 heteroatoms. The zero-order chi connectivity index (χ0) is 15.8. The van der Waals surface area contributed by atoms with E-state index >= 15 is 0 Å². The molecule has 0 spiro atoms. The summed E-state index contributed by atoms with van der Waals surface area (Å²) in [5.74, 6) is 3.63. The lowest BCUT2D eigenvalue weighted by Gasteiger charge is -2.34. The average molecular weight is 453 g/mol. The van der Waals surface area contributed by atoms with Crippen LogP contribution in [-0.2, 0) is 6.42 Å². The van der Waals surface area contributed by atoms with Gasteiger partial charge in [0.15, 0.2) is 11.8 Å². The van der Waals surface area contributed by atoms with Crippen LogP contribution < -0.4 is 5.32 Å².